The number of nitrogens with one attached hydrogen (secondary N) is 1. The topological polar surface area (TPSA) is 68.4 Å². The van der Waals surface area contributed by atoms with E-state index < -0.39 is 28.5 Å². The molecule has 1 aromatic rings. The van der Waals surface area contributed by atoms with Crippen LogP contribution in [0, 0.1) is 0 Å². The second-order valence-corrected chi connectivity index (χ2v) is 3.07. The first-order chi connectivity index (χ1) is 7.74. The molecule has 1 rings (SSSR count). The normalized spacial score (nSPS) is 11.1. The summed E-state index contributed by atoms with van der Waals surface area (Å²) in [5.41, 5.74) is -2.00. The van der Waals surface area contributed by atoms with Crippen molar-refractivity contribution in [2.75, 3.05) is 7.11 Å². The summed E-state index contributed by atoms with van der Waals surface area (Å²) in [7, 11) is 1.15. The summed E-state index contributed by atoms with van der Waals surface area (Å²) in [5.74, 6) is -1.44. The number of carbonyl (C=O) groups excluding carboxylic acids is 1. The van der Waals surface area contributed by atoms with Gasteiger partial charge in [0.05, 0.1) is 7.11 Å². The van der Waals surface area contributed by atoms with Crippen molar-refractivity contribution in [3.63, 3.8) is 0 Å². The summed E-state index contributed by atoms with van der Waals surface area (Å²) in [6.45, 7) is 0. The Labute approximate surface area is 97.1 Å². The van der Waals surface area contributed by atoms with Crippen LogP contribution < -0.4 is 14.9 Å². The predicted octanol–water partition coefficient (Wildman–Crippen LogP) is 1.66. The van der Waals surface area contributed by atoms with Gasteiger partial charge in [0.1, 0.15) is 5.69 Å². The zero-order valence-corrected chi connectivity index (χ0v) is 8.98. The lowest BCUT2D eigenvalue weighted by Crippen LogP contribution is -2.24. The number of pyridine rings is 1. The first kappa shape index (κ1) is 13.4. The fourth-order valence-electron chi connectivity index (χ4n) is 0.989. The minimum absolute atomic E-state index is 0.214. The molecule has 5 nitrogen and oxygen atoms in total. The van der Waals surface area contributed by atoms with Gasteiger partial charge >= 0.3 is 6.36 Å². The number of carbonyl (C=O) groups is 1. The van der Waals surface area contributed by atoms with Gasteiger partial charge in [0.25, 0.3) is 5.24 Å². The molecular formula is C8H5ClF3NO4. The maximum absolute atomic E-state index is 12.0. The van der Waals surface area contributed by atoms with Gasteiger partial charge in [-0.05, 0) is 11.6 Å². The number of H-pyrrole nitrogens is 1. The SMILES string of the molecule is COc1cc(=O)c(OC(F)(F)F)c(C(=O)Cl)[nH]1. The van der Waals surface area contributed by atoms with E-state index in [1.165, 1.54) is 0 Å². The molecule has 1 N–H and O–H groups in total. The molecule has 0 aromatic carbocycles. The molecule has 0 aliphatic heterocycles. The van der Waals surface area contributed by atoms with Crippen molar-refractivity contribution in [1.82, 2.24) is 4.98 Å². The van der Waals surface area contributed by atoms with Crippen molar-refractivity contribution in [1.29, 1.82) is 0 Å². The first-order valence-corrected chi connectivity index (χ1v) is 4.39. The Hall–Kier alpha value is -1.70. The third kappa shape index (κ3) is 3.38. The highest BCUT2D eigenvalue weighted by atomic mass is 35.5. The Morgan fingerprint density at radius 3 is 2.47 bits per heavy atom. The number of methoxy groups -OCH3 is 1. The van der Waals surface area contributed by atoms with E-state index in [1.54, 1.807) is 0 Å². The molecule has 0 radical (unpaired) electrons. The lowest BCUT2D eigenvalue weighted by Gasteiger charge is -2.11. The maximum atomic E-state index is 12.0. The van der Waals surface area contributed by atoms with Crippen LogP contribution in [0.1, 0.15) is 10.5 Å². The highest BCUT2D eigenvalue weighted by Crippen LogP contribution is 2.24. The Morgan fingerprint density at radius 2 is 2.06 bits per heavy atom. The molecule has 1 heterocycles. The molecule has 0 fully saturated rings. The molecule has 1 aromatic heterocycles. The van der Waals surface area contributed by atoms with Gasteiger partial charge < -0.3 is 14.5 Å². The van der Waals surface area contributed by atoms with Gasteiger partial charge in [-0.15, -0.1) is 13.2 Å². The number of hydrogen-bond acceptors (Lipinski definition) is 4. The smallest absolute Gasteiger partial charge is 0.482 e. The highest BCUT2D eigenvalue weighted by Gasteiger charge is 2.34. The van der Waals surface area contributed by atoms with Crippen molar-refractivity contribution >= 4 is 16.8 Å². The third-order valence-electron chi connectivity index (χ3n) is 1.60. The minimum atomic E-state index is -5.11. The summed E-state index contributed by atoms with van der Waals surface area (Å²) >= 11 is 5.03. The molecule has 94 valence electrons. The van der Waals surface area contributed by atoms with E-state index in [2.05, 4.69) is 14.5 Å². The molecule has 0 spiro atoms. The molecule has 0 atom stereocenters. The standard InChI is InChI=1S/C8H5ClF3NO4/c1-16-4-2-3(14)6(17-8(10,11)12)5(13-4)7(9)15/h2H,1H3,(H,13,14). The fourth-order valence-corrected chi connectivity index (χ4v) is 1.12. The van der Waals surface area contributed by atoms with Gasteiger partial charge in [-0.2, -0.15) is 0 Å². The number of ether oxygens (including phenoxy) is 2. The summed E-state index contributed by atoms with van der Waals surface area (Å²) in [6, 6.07) is 0.699. The van der Waals surface area contributed by atoms with Gasteiger partial charge in [-0.1, -0.05) is 0 Å². The van der Waals surface area contributed by atoms with E-state index in [-0.39, 0.29) is 5.88 Å². The van der Waals surface area contributed by atoms with Crippen molar-refractivity contribution < 1.29 is 27.4 Å². The van der Waals surface area contributed by atoms with E-state index in [0.717, 1.165) is 7.11 Å². The summed E-state index contributed by atoms with van der Waals surface area (Å²) < 4.78 is 43.9. The molecule has 0 amide bonds. The lowest BCUT2D eigenvalue weighted by atomic mass is 10.3. The minimum Gasteiger partial charge on any atom is -0.482 e. The first-order valence-electron chi connectivity index (χ1n) is 4.01. The molecule has 17 heavy (non-hydrogen) atoms. The zero-order chi connectivity index (χ0) is 13.2. The summed E-state index contributed by atoms with van der Waals surface area (Å²) in [6.07, 6.45) is -5.11. The molecule has 0 saturated heterocycles. The Balaban J connectivity index is 3.37. The van der Waals surface area contributed by atoms with Crippen molar-refractivity contribution in [2.45, 2.75) is 6.36 Å². The Morgan fingerprint density at radius 1 is 1.47 bits per heavy atom. The highest BCUT2D eigenvalue weighted by molar-refractivity contribution is 6.67. The summed E-state index contributed by atoms with van der Waals surface area (Å²) in [5, 5.41) is -1.31. The van der Waals surface area contributed by atoms with E-state index in [1.807, 2.05) is 0 Å². The van der Waals surface area contributed by atoms with Gasteiger partial charge in [0.2, 0.25) is 11.2 Å². The molecule has 9 heteroatoms. The largest absolute Gasteiger partial charge is 0.573 e. The van der Waals surface area contributed by atoms with Crippen LogP contribution in [0.15, 0.2) is 10.9 Å². The number of aromatic nitrogens is 1. The number of halogens is 4. The van der Waals surface area contributed by atoms with Crippen LogP contribution in [0.4, 0.5) is 13.2 Å². The van der Waals surface area contributed by atoms with E-state index in [0.29, 0.717) is 6.07 Å². The second-order valence-electron chi connectivity index (χ2n) is 2.73. The van der Waals surface area contributed by atoms with Crippen molar-refractivity contribution in [3.8, 4) is 11.6 Å². The molecule has 0 saturated carbocycles. The molecular weight excluding hydrogens is 267 g/mol. The van der Waals surface area contributed by atoms with Crippen LogP contribution in [0.5, 0.6) is 11.6 Å². The summed E-state index contributed by atoms with van der Waals surface area (Å²) in [4.78, 5) is 24.2. The quantitative estimate of drug-likeness (QED) is 0.849. The molecule has 0 aliphatic rings. The number of hydrogen-bond donors (Lipinski definition) is 1. The van der Waals surface area contributed by atoms with Crippen molar-refractivity contribution in [2.24, 2.45) is 0 Å². The Bertz CT molecular complexity index is 497. The predicted molar refractivity (Wildman–Crippen MR) is 50.5 cm³/mol. The number of aromatic amines is 1. The van der Waals surface area contributed by atoms with E-state index >= 15 is 0 Å². The third-order valence-corrected chi connectivity index (χ3v) is 1.78. The van der Waals surface area contributed by atoms with Crippen LogP contribution in [-0.4, -0.2) is 23.7 Å². The van der Waals surface area contributed by atoms with Crippen LogP contribution in [0.2, 0.25) is 0 Å². The van der Waals surface area contributed by atoms with Crippen LogP contribution in [0.25, 0.3) is 0 Å². The lowest BCUT2D eigenvalue weighted by molar-refractivity contribution is -0.275. The van der Waals surface area contributed by atoms with Crippen LogP contribution >= 0.6 is 11.6 Å². The fraction of sp³-hybridized carbons (Fsp3) is 0.250. The monoisotopic (exact) mass is 271 g/mol. The van der Waals surface area contributed by atoms with E-state index in [4.69, 9.17) is 11.6 Å². The van der Waals surface area contributed by atoms with Crippen molar-refractivity contribution in [3.05, 3.63) is 22.0 Å². The van der Waals surface area contributed by atoms with Crippen LogP contribution in [-0.2, 0) is 0 Å². The maximum Gasteiger partial charge on any atom is 0.573 e. The van der Waals surface area contributed by atoms with Crippen LogP contribution in [0.3, 0.4) is 0 Å². The van der Waals surface area contributed by atoms with Gasteiger partial charge in [-0.3, -0.25) is 9.59 Å². The number of rotatable bonds is 3. The second kappa shape index (κ2) is 4.66. The van der Waals surface area contributed by atoms with E-state index in [9.17, 15) is 22.8 Å². The van der Waals surface area contributed by atoms with Gasteiger partial charge in [0.15, 0.2) is 5.88 Å². The number of alkyl halides is 3. The Kier molecular flexibility index (Phi) is 3.66. The molecule has 0 unspecified atom stereocenters. The molecule has 0 aliphatic carbocycles. The van der Waals surface area contributed by atoms with Gasteiger partial charge in [0, 0.05) is 6.07 Å². The van der Waals surface area contributed by atoms with Gasteiger partial charge in [-0.25, -0.2) is 0 Å². The molecule has 0 bridgehead atoms. The average molecular weight is 272 g/mol. The zero-order valence-electron chi connectivity index (χ0n) is 8.22. The average Bonchev–Trinajstić information content (AvgIpc) is 2.18.